The molecule has 1 aliphatic carbocycles. The van der Waals surface area contributed by atoms with Crippen LogP contribution in [0.5, 0.6) is 0 Å². The van der Waals surface area contributed by atoms with E-state index in [2.05, 4.69) is 16.7 Å². The summed E-state index contributed by atoms with van der Waals surface area (Å²) in [7, 11) is 4.02. The van der Waals surface area contributed by atoms with Crippen molar-refractivity contribution in [2.75, 3.05) is 30.9 Å². The molecule has 6 nitrogen and oxygen atoms in total. The molecule has 0 bridgehead atoms. The van der Waals surface area contributed by atoms with E-state index >= 15 is 0 Å². The Labute approximate surface area is 219 Å². The lowest BCUT2D eigenvalue weighted by molar-refractivity contribution is -0.121. The van der Waals surface area contributed by atoms with Gasteiger partial charge in [0, 0.05) is 32.1 Å². The summed E-state index contributed by atoms with van der Waals surface area (Å²) >= 11 is 0. The number of hydrogen-bond donors (Lipinski definition) is 2. The summed E-state index contributed by atoms with van der Waals surface area (Å²) in [4.78, 5) is 24.9. The van der Waals surface area contributed by atoms with Crippen LogP contribution in [0, 0.1) is 5.92 Å². The fourth-order valence-electron chi connectivity index (χ4n) is 5.29. The maximum Gasteiger partial charge on any atom is 0.232 e. The minimum atomic E-state index is -0.295. The lowest BCUT2D eigenvalue weighted by Gasteiger charge is -2.30. The summed E-state index contributed by atoms with van der Waals surface area (Å²) < 4.78 is 0. The number of benzene rings is 3. The van der Waals surface area contributed by atoms with Crippen molar-refractivity contribution in [3.8, 4) is 0 Å². The Bertz CT molecular complexity index is 1280. The average Bonchev–Trinajstić information content (AvgIpc) is 2.93. The predicted molar refractivity (Wildman–Crippen MR) is 151 cm³/mol. The molecule has 1 aromatic heterocycles. The number of nitrogens with zero attached hydrogens (tertiary/aromatic N) is 3. The van der Waals surface area contributed by atoms with Gasteiger partial charge in [0.25, 0.3) is 0 Å². The first-order valence-electron chi connectivity index (χ1n) is 13.2. The van der Waals surface area contributed by atoms with Gasteiger partial charge in [-0.05, 0) is 54.9 Å². The molecule has 0 unspecified atom stereocenters. The summed E-state index contributed by atoms with van der Waals surface area (Å²) in [5, 5.41) is 7.90. The second kappa shape index (κ2) is 11.4. The van der Waals surface area contributed by atoms with Crippen LogP contribution in [0.4, 0.5) is 11.8 Å². The largest absolute Gasteiger partial charge is 0.362 e. The minimum Gasteiger partial charge on any atom is -0.362 e. The number of nitrogens with one attached hydrogen (secondary N) is 2. The molecular formula is C31H35N5O. The van der Waals surface area contributed by atoms with E-state index in [1.807, 2.05) is 97.9 Å². The van der Waals surface area contributed by atoms with Gasteiger partial charge in [-0.3, -0.25) is 4.79 Å². The molecule has 190 valence electrons. The van der Waals surface area contributed by atoms with Crippen molar-refractivity contribution >= 4 is 28.6 Å². The van der Waals surface area contributed by atoms with Crippen molar-refractivity contribution < 1.29 is 4.79 Å². The van der Waals surface area contributed by atoms with Crippen molar-refractivity contribution in [1.29, 1.82) is 0 Å². The quantitative estimate of drug-likeness (QED) is 0.334. The molecule has 0 radical (unpaired) electrons. The van der Waals surface area contributed by atoms with Gasteiger partial charge in [0.1, 0.15) is 5.82 Å². The Balaban J connectivity index is 1.18. The van der Waals surface area contributed by atoms with Gasteiger partial charge in [-0.1, -0.05) is 72.8 Å². The van der Waals surface area contributed by atoms with Crippen molar-refractivity contribution in [3.05, 3.63) is 96.1 Å². The number of rotatable bonds is 8. The van der Waals surface area contributed by atoms with Gasteiger partial charge in [-0.2, -0.15) is 4.98 Å². The van der Waals surface area contributed by atoms with E-state index in [-0.39, 0.29) is 11.8 Å². The molecule has 4 aromatic rings. The van der Waals surface area contributed by atoms with Crippen molar-refractivity contribution in [2.24, 2.45) is 5.92 Å². The zero-order chi connectivity index (χ0) is 25.6. The van der Waals surface area contributed by atoms with Crippen LogP contribution in [0.3, 0.4) is 0 Å². The molecule has 5 rings (SSSR count). The van der Waals surface area contributed by atoms with Gasteiger partial charge in [-0.15, -0.1) is 0 Å². The summed E-state index contributed by atoms with van der Waals surface area (Å²) in [5.41, 5.74) is 2.99. The molecule has 0 spiro atoms. The van der Waals surface area contributed by atoms with E-state index in [9.17, 15) is 4.79 Å². The molecule has 37 heavy (non-hydrogen) atoms. The van der Waals surface area contributed by atoms with E-state index in [4.69, 9.17) is 9.97 Å². The Morgan fingerprint density at radius 2 is 1.43 bits per heavy atom. The van der Waals surface area contributed by atoms with Crippen molar-refractivity contribution in [3.63, 3.8) is 0 Å². The number of fused-ring (bicyclic) bond motifs is 1. The number of carbonyl (C=O) groups excluding carboxylic acids is 1. The zero-order valence-corrected chi connectivity index (χ0v) is 21.6. The molecule has 3 aromatic carbocycles. The molecule has 1 fully saturated rings. The molecule has 2 N–H and O–H groups in total. The first kappa shape index (κ1) is 24.8. The Kier molecular flexibility index (Phi) is 7.64. The first-order chi connectivity index (χ1) is 18.1. The summed E-state index contributed by atoms with van der Waals surface area (Å²) in [6, 6.07) is 28.5. The molecule has 0 saturated heterocycles. The van der Waals surface area contributed by atoms with E-state index < -0.39 is 0 Å². The summed E-state index contributed by atoms with van der Waals surface area (Å²) in [6.07, 6.45) is 4.20. The van der Waals surface area contributed by atoms with Crippen LogP contribution in [0.25, 0.3) is 10.9 Å². The molecule has 0 aliphatic heterocycles. The monoisotopic (exact) mass is 493 g/mol. The maximum absolute atomic E-state index is 13.3. The average molecular weight is 494 g/mol. The Hall–Kier alpha value is -3.93. The lowest BCUT2D eigenvalue weighted by Crippen LogP contribution is -2.36. The number of anilines is 2. The van der Waals surface area contributed by atoms with E-state index in [0.29, 0.717) is 24.5 Å². The van der Waals surface area contributed by atoms with Gasteiger partial charge in [-0.25, -0.2) is 4.98 Å². The number of hydrogen-bond acceptors (Lipinski definition) is 5. The van der Waals surface area contributed by atoms with Crippen LogP contribution < -0.4 is 15.5 Å². The van der Waals surface area contributed by atoms with Gasteiger partial charge >= 0.3 is 0 Å². The number of aromatic nitrogens is 2. The molecule has 0 atom stereocenters. The third-order valence-electron chi connectivity index (χ3n) is 7.28. The standard InChI is InChI=1S/C31H35N5O/c1-36(2)29-26-15-9-10-16-27(26)34-31(35-29)33-25-19-17-22(18-20-25)21-32-30(37)28(23-11-5-3-6-12-23)24-13-7-4-8-14-24/h3-16,22,25,28H,17-21H2,1-2H3,(H,32,37)(H,33,34,35). The van der Waals surface area contributed by atoms with E-state index in [0.717, 1.165) is 53.5 Å². The number of carbonyl (C=O) groups is 1. The second-order valence-electron chi connectivity index (χ2n) is 10.1. The van der Waals surface area contributed by atoms with Crippen LogP contribution in [-0.2, 0) is 4.79 Å². The van der Waals surface area contributed by atoms with Crippen LogP contribution in [0.1, 0.15) is 42.7 Å². The fourth-order valence-corrected chi connectivity index (χ4v) is 5.29. The van der Waals surface area contributed by atoms with Crippen LogP contribution in [0.15, 0.2) is 84.9 Å². The highest BCUT2D eigenvalue weighted by atomic mass is 16.1. The second-order valence-corrected chi connectivity index (χ2v) is 10.1. The molecular weight excluding hydrogens is 458 g/mol. The maximum atomic E-state index is 13.3. The Morgan fingerprint density at radius 1 is 0.838 bits per heavy atom. The predicted octanol–water partition coefficient (Wildman–Crippen LogP) is 5.61. The van der Waals surface area contributed by atoms with Gasteiger partial charge in [0.05, 0.1) is 11.4 Å². The zero-order valence-electron chi connectivity index (χ0n) is 21.6. The Morgan fingerprint density at radius 3 is 2.05 bits per heavy atom. The SMILES string of the molecule is CN(C)c1nc(NC2CCC(CNC(=O)C(c3ccccc3)c3ccccc3)CC2)nc2ccccc12. The molecule has 1 amide bonds. The van der Waals surface area contributed by atoms with E-state index in [1.54, 1.807) is 0 Å². The smallest absolute Gasteiger partial charge is 0.232 e. The van der Waals surface area contributed by atoms with E-state index in [1.165, 1.54) is 0 Å². The molecule has 1 saturated carbocycles. The van der Waals surface area contributed by atoms with Crippen molar-refractivity contribution in [2.45, 2.75) is 37.6 Å². The topological polar surface area (TPSA) is 70.2 Å². The molecule has 1 heterocycles. The van der Waals surface area contributed by atoms with Gasteiger partial charge in [0.2, 0.25) is 11.9 Å². The summed E-state index contributed by atoms with van der Waals surface area (Å²) in [6.45, 7) is 0.707. The normalized spacial score (nSPS) is 17.5. The van der Waals surface area contributed by atoms with Crippen LogP contribution in [-0.4, -0.2) is 42.6 Å². The lowest BCUT2D eigenvalue weighted by atomic mass is 9.85. The van der Waals surface area contributed by atoms with Gasteiger partial charge < -0.3 is 15.5 Å². The fraction of sp³-hybridized carbons (Fsp3) is 0.323. The van der Waals surface area contributed by atoms with Crippen LogP contribution in [0.2, 0.25) is 0 Å². The highest BCUT2D eigenvalue weighted by molar-refractivity contribution is 5.90. The number of para-hydroxylation sites is 1. The minimum absolute atomic E-state index is 0.0680. The first-order valence-corrected chi connectivity index (χ1v) is 13.2. The summed E-state index contributed by atoms with van der Waals surface area (Å²) in [5.74, 6) is 1.86. The third-order valence-corrected chi connectivity index (χ3v) is 7.28. The van der Waals surface area contributed by atoms with Gasteiger partial charge in [0.15, 0.2) is 0 Å². The third kappa shape index (κ3) is 5.91. The van der Waals surface area contributed by atoms with Crippen molar-refractivity contribution in [1.82, 2.24) is 15.3 Å². The molecule has 1 aliphatic rings. The highest BCUT2D eigenvalue weighted by Crippen LogP contribution is 2.29. The highest BCUT2D eigenvalue weighted by Gasteiger charge is 2.26. The van der Waals surface area contributed by atoms with Crippen LogP contribution >= 0.6 is 0 Å². The molecule has 6 heteroatoms. The number of amides is 1.